The highest BCUT2D eigenvalue weighted by Gasteiger charge is 2.37. The van der Waals surface area contributed by atoms with E-state index in [1.54, 1.807) is 20.8 Å². The van der Waals surface area contributed by atoms with Crippen LogP contribution in [0.3, 0.4) is 0 Å². The number of sulfonamides is 1. The van der Waals surface area contributed by atoms with Crippen LogP contribution < -0.4 is 4.72 Å². The number of nitrogens with zero attached hydrogens (tertiary/aromatic N) is 1. The number of nitro benzene ring substituents is 1. The van der Waals surface area contributed by atoms with Crippen LogP contribution in [0, 0.1) is 15.5 Å². The number of carboxylic acid groups (broad SMARTS) is 1. The van der Waals surface area contributed by atoms with Crippen LogP contribution >= 0.6 is 0 Å². The fourth-order valence-electron chi connectivity index (χ4n) is 1.65. The first-order valence-electron chi connectivity index (χ1n) is 5.95. The standard InChI is InChI=1S/C12H16N2O6S/c1-12(2,3)10(11(15)16)13-21(19,20)9-7-5-4-6-8(9)14(17)18/h4-7,10,13H,1-3H3,(H,15,16)/t10-/m1/s1. The Morgan fingerprint density at radius 2 is 1.86 bits per heavy atom. The third-order valence-corrected chi connectivity index (χ3v) is 4.21. The molecule has 0 spiro atoms. The molecule has 0 heterocycles. The van der Waals surface area contributed by atoms with Crippen LogP contribution in [0.5, 0.6) is 0 Å². The highest BCUT2D eigenvalue weighted by atomic mass is 32.2. The molecule has 1 aromatic carbocycles. The van der Waals surface area contributed by atoms with Gasteiger partial charge in [-0.2, -0.15) is 4.72 Å². The zero-order valence-corrected chi connectivity index (χ0v) is 12.5. The lowest BCUT2D eigenvalue weighted by molar-refractivity contribution is -0.387. The van der Waals surface area contributed by atoms with Gasteiger partial charge in [0.05, 0.1) is 4.92 Å². The molecule has 116 valence electrons. The van der Waals surface area contributed by atoms with E-state index < -0.39 is 43.0 Å². The Kier molecular flexibility index (Phi) is 4.69. The zero-order chi connectivity index (χ0) is 16.4. The van der Waals surface area contributed by atoms with E-state index in [-0.39, 0.29) is 0 Å². The summed E-state index contributed by atoms with van der Waals surface area (Å²) in [6.45, 7) is 4.65. The lowest BCUT2D eigenvalue weighted by Gasteiger charge is -2.27. The maximum atomic E-state index is 12.2. The molecule has 1 aromatic rings. The molecule has 0 aromatic heterocycles. The Morgan fingerprint density at radius 3 is 2.29 bits per heavy atom. The highest BCUT2D eigenvalue weighted by Crippen LogP contribution is 2.26. The summed E-state index contributed by atoms with van der Waals surface area (Å²) in [7, 11) is -4.34. The molecule has 0 aliphatic heterocycles. The van der Waals surface area contributed by atoms with Crippen molar-refractivity contribution in [3.63, 3.8) is 0 Å². The van der Waals surface area contributed by atoms with Crippen LogP contribution in [-0.2, 0) is 14.8 Å². The molecule has 0 bridgehead atoms. The van der Waals surface area contributed by atoms with Gasteiger partial charge in [-0.1, -0.05) is 32.9 Å². The molecule has 0 amide bonds. The first-order valence-corrected chi connectivity index (χ1v) is 7.43. The van der Waals surface area contributed by atoms with Gasteiger partial charge >= 0.3 is 5.97 Å². The van der Waals surface area contributed by atoms with Gasteiger partial charge in [0, 0.05) is 6.07 Å². The molecule has 21 heavy (non-hydrogen) atoms. The molecule has 1 atom stereocenters. The predicted molar refractivity (Wildman–Crippen MR) is 74.3 cm³/mol. The van der Waals surface area contributed by atoms with E-state index in [1.807, 2.05) is 4.72 Å². The molecule has 2 N–H and O–H groups in total. The number of nitrogens with one attached hydrogen (secondary N) is 1. The van der Waals surface area contributed by atoms with E-state index in [1.165, 1.54) is 12.1 Å². The van der Waals surface area contributed by atoms with Crippen molar-refractivity contribution in [2.24, 2.45) is 5.41 Å². The quantitative estimate of drug-likeness (QED) is 0.624. The summed E-state index contributed by atoms with van der Waals surface area (Å²) in [5.74, 6) is -1.36. The molecule has 0 unspecified atom stereocenters. The smallest absolute Gasteiger partial charge is 0.322 e. The van der Waals surface area contributed by atoms with Gasteiger partial charge in [-0.25, -0.2) is 8.42 Å². The van der Waals surface area contributed by atoms with Crippen molar-refractivity contribution >= 4 is 21.7 Å². The number of carboxylic acids is 1. The van der Waals surface area contributed by atoms with Gasteiger partial charge in [0.2, 0.25) is 10.0 Å². The van der Waals surface area contributed by atoms with E-state index >= 15 is 0 Å². The second-order valence-corrected chi connectivity index (χ2v) is 7.17. The van der Waals surface area contributed by atoms with E-state index in [0.29, 0.717) is 0 Å². The first-order chi connectivity index (χ1) is 9.47. The molecule has 0 aliphatic carbocycles. The van der Waals surface area contributed by atoms with E-state index in [2.05, 4.69) is 0 Å². The Balaban J connectivity index is 3.30. The molecule has 8 nitrogen and oxygen atoms in total. The molecule has 0 radical (unpaired) electrons. The van der Waals surface area contributed by atoms with E-state index in [9.17, 15) is 23.3 Å². The van der Waals surface area contributed by atoms with Crippen molar-refractivity contribution in [1.29, 1.82) is 0 Å². The lowest BCUT2D eigenvalue weighted by atomic mass is 9.88. The second kappa shape index (κ2) is 5.78. The molecular formula is C12H16N2O6S. The topological polar surface area (TPSA) is 127 Å². The number of para-hydroxylation sites is 1. The van der Waals surface area contributed by atoms with Crippen LogP contribution in [0.4, 0.5) is 5.69 Å². The minimum atomic E-state index is -4.34. The number of aliphatic carboxylic acids is 1. The molecule has 1 rings (SSSR count). The fourth-order valence-corrected chi connectivity index (χ4v) is 3.22. The summed E-state index contributed by atoms with van der Waals surface area (Å²) in [5, 5.41) is 20.0. The van der Waals surface area contributed by atoms with Crippen molar-refractivity contribution < 1.29 is 23.2 Å². The average molecular weight is 316 g/mol. The molecule has 0 saturated heterocycles. The molecule has 0 fully saturated rings. The highest BCUT2D eigenvalue weighted by molar-refractivity contribution is 7.89. The Morgan fingerprint density at radius 1 is 1.33 bits per heavy atom. The molecular weight excluding hydrogens is 300 g/mol. The van der Waals surface area contributed by atoms with Crippen LogP contribution in [-0.4, -0.2) is 30.5 Å². The maximum Gasteiger partial charge on any atom is 0.322 e. The second-order valence-electron chi connectivity index (χ2n) is 5.48. The minimum absolute atomic E-state index is 0.564. The van der Waals surface area contributed by atoms with Crippen molar-refractivity contribution in [2.75, 3.05) is 0 Å². The van der Waals surface area contributed by atoms with Crippen LogP contribution in [0.25, 0.3) is 0 Å². The zero-order valence-electron chi connectivity index (χ0n) is 11.7. The monoisotopic (exact) mass is 316 g/mol. The normalized spacial score (nSPS) is 13.7. The molecule has 0 saturated carbocycles. The van der Waals surface area contributed by atoms with Crippen LogP contribution in [0.2, 0.25) is 0 Å². The summed E-state index contributed by atoms with van der Waals surface area (Å²) in [5.41, 5.74) is -1.51. The third kappa shape index (κ3) is 3.99. The number of nitro groups is 1. The van der Waals surface area contributed by atoms with Gasteiger partial charge < -0.3 is 5.11 Å². The number of hydrogen-bond donors (Lipinski definition) is 2. The van der Waals surface area contributed by atoms with Gasteiger partial charge in [0.25, 0.3) is 5.69 Å². The van der Waals surface area contributed by atoms with E-state index in [0.717, 1.165) is 12.1 Å². The molecule has 9 heteroatoms. The van der Waals surface area contributed by atoms with Gasteiger partial charge in [-0.05, 0) is 11.5 Å². The van der Waals surface area contributed by atoms with Crippen LogP contribution in [0.1, 0.15) is 20.8 Å². The van der Waals surface area contributed by atoms with Gasteiger partial charge in [-0.15, -0.1) is 0 Å². The number of hydrogen-bond acceptors (Lipinski definition) is 5. The largest absolute Gasteiger partial charge is 0.480 e. The van der Waals surface area contributed by atoms with Gasteiger partial charge in [0.1, 0.15) is 6.04 Å². The number of benzene rings is 1. The van der Waals surface area contributed by atoms with Crippen molar-refractivity contribution in [1.82, 2.24) is 4.72 Å². The minimum Gasteiger partial charge on any atom is -0.480 e. The summed E-state index contributed by atoms with van der Waals surface area (Å²) in [6.07, 6.45) is 0. The summed E-state index contributed by atoms with van der Waals surface area (Å²) in [6, 6.07) is 3.34. The number of rotatable bonds is 5. The van der Waals surface area contributed by atoms with Crippen LogP contribution in [0.15, 0.2) is 29.2 Å². The molecule has 0 aliphatic rings. The Bertz CT molecular complexity index is 663. The number of carbonyl (C=O) groups is 1. The predicted octanol–water partition coefficient (Wildman–Crippen LogP) is 1.37. The maximum absolute atomic E-state index is 12.2. The SMILES string of the molecule is CC(C)(C)[C@H](NS(=O)(=O)c1ccccc1[N+](=O)[O-])C(=O)O. The summed E-state index contributed by atoms with van der Waals surface area (Å²) < 4.78 is 26.5. The summed E-state index contributed by atoms with van der Waals surface area (Å²) >= 11 is 0. The van der Waals surface area contributed by atoms with Crippen molar-refractivity contribution in [3.05, 3.63) is 34.4 Å². The fraction of sp³-hybridized carbons (Fsp3) is 0.417. The first kappa shape index (κ1) is 17.1. The van der Waals surface area contributed by atoms with Gasteiger partial charge in [0.15, 0.2) is 4.90 Å². The third-order valence-electron chi connectivity index (χ3n) is 2.74. The van der Waals surface area contributed by atoms with Crippen molar-refractivity contribution in [3.8, 4) is 0 Å². The average Bonchev–Trinajstić information content (AvgIpc) is 2.34. The van der Waals surface area contributed by atoms with Crippen molar-refractivity contribution in [2.45, 2.75) is 31.7 Å². The Labute approximate surface area is 122 Å². The van der Waals surface area contributed by atoms with E-state index in [4.69, 9.17) is 5.11 Å². The Hall–Kier alpha value is -2.00. The van der Waals surface area contributed by atoms with Gasteiger partial charge in [-0.3, -0.25) is 14.9 Å². The summed E-state index contributed by atoms with van der Waals surface area (Å²) in [4.78, 5) is 20.7. The lowest BCUT2D eigenvalue weighted by Crippen LogP contribution is -2.49.